The van der Waals surface area contributed by atoms with Gasteiger partial charge >= 0.3 is 6.36 Å². The van der Waals surface area contributed by atoms with Crippen LogP contribution in [-0.4, -0.2) is 23.7 Å². The first kappa shape index (κ1) is 21.0. The van der Waals surface area contributed by atoms with Gasteiger partial charge in [0.05, 0.1) is 6.54 Å². The van der Waals surface area contributed by atoms with Gasteiger partial charge in [-0.2, -0.15) is 0 Å². The molecule has 0 bridgehead atoms. The average molecular weight is 422 g/mol. The van der Waals surface area contributed by atoms with Crippen molar-refractivity contribution in [2.45, 2.75) is 33.2 Å². The number of allylic oxidation sites excluding steroid dienone is 1. The zero-order valence-corrected chi connectivity index (χ0v) is 16.9. The van der Waals surface area contributed by atoms with Gasteiger partial charge in [-0.1, -0.05) is 18.7 Å². The molecule has 0 spiro atoms. The zero-order valence-electron chi connectivity index (χ0n) is 16.1. The van der Waals surface area contributed by atoms with Gasteiger partial charge in [-0.05, 0) is 38.0 Å². The maximum absolute atomic E-state index is 12.4. The third-order valence-corrected chi connectivity index (χ3v) is 5.71. The number of ether oxygens (including phenoxy) is 1. The summed E-state index contributed by atoms with van der Waals surface area (Å²) in [6.45, 7) is 8.85. The molecule has 0 saturated heterocycles. The summed E-state index contributed by atoms with van der Waals surface area (Å²) in [5.41, 5.74) is 3.81. The molecule has 0 atom stereocenters. The number of carbonyl (C=O) groups is 1. The minimum Gasteiger partial charge on any atom is -0.406 e. The second kappa shape index (κ2) is 8.32. The van der Waals surface area contributed by atoms with Gasteiger partial charge in [-0.25, -0.2) is 0 Å². The summed E-state index contributed by atoms with van der Waals surface area (Å²) in [4.78, 5) is 15.3. The van der Waals surface area contributed by atoms with Crippen molar-refractivity contribution in [1.82, 2.24) is 4.90 Å². The summed E-state index contributed by atoms with van der Waals surface area (Å²) in [6, 6.07) is 5.64. The highest BCUT2D eigenvalue weighted by Crippen LogP contribution is 2.34. The Morgan fingerprint density at radius 3 is 2.83 bits per heavy atom. The van der Waals surface area contributed by atoms with Crippen LogP contribution in [0.1, 0.15) is 29.9 Å². The fourth-order valence-electron chi connectivity index (χ4n) is 3.14. The molecule has 0 radical (unpaired) electrons. The van der Waals surface area contributed by atoms with Gasteiger partial charge in [0.2, 0.25) is 5.91 Å². The van der Waals surface area contributed by atoms with Gasteiger partial charge in [0, 0.05) is 45.4 Å². The van der Waals surface area contributed by atoms with Crippen LogP contribution in [-0.2, 0) is 17.8 Å². The lowest BCUT2D eigenvalue weighted by molar-refractivity contribution is -0.274. The molecule has 1 aliphatic heterocycles. The van der Waals surface area contributed by atoms with Crippen molar-refractivity contribution in [3.63, 3.8) is 0 Å². The number of hydrogen-bond acceptors (Lipinski definition) is 4. The summed E-state index contributed by atoms with van der Waals surface area (Å²) >= 11 is 1.55. The van der Waals surface area contributed by atoms with Crippen LogP contribution in [0.2, 0.25) is 0 Å². The van der Waals surface area contributed by atoms with E-state index in [1.54, 1.807) is 30.4 Å². The average Bonchev–Trinajstić information content (AvgIpc) is 3.09. The van der Waals surface area contributed by atoms with E-state index < -0.39 is 6.36 Å². The fourth-order valence-corrected chi connectivity index (χ4v) is 4.27. The van der Waals surface area contributed by atoms with Crippen LogP contribution < -0.4 is 10.1 Å². The van der Waals surface area contributed by atoms with Crippen molar-refractivity contribution in [3.05, 3.63) is 63.9 Å². The van der Waals surface area contributed by atoms with Crippen molar-refractivity contribution < 1.29 is 22.7 Å². The molecule has 4 nitrogen and oxygen atoms in total. The van der Waals surface area contributed by atoms with E-state index in [0.717, 1.165) is 21.6 Å². The lowest BCUT2D eigenvalue weighted by atomic mass is 10.0. The van der Waals surface area contributed by atoms with E-state index >= 15 is 0 Å². The van der Waals surface area contributed by atoms with Crippen molar-refractivity contribution in [2.75, 3.05) is 11.9 Å². The number of thiophene rings is 1. The number of alkyl halides is 3. The molecule has 8 heteroatoms. The Morgan fingerprint density at radius 2 is 2.14 bits per heavy atom. The standard InChI is InChI=1S/C21H21F3N2O2S/c1-4-13(2)20(27)26-9-8-17-18(12-29-19(17)11-26)14(3)25-15-6-5-7-16(10-15)28-21(22,23)24/h4-7,10,12,25H,3,8-9,11H2,1-2H3/b13-4+. The minimum absolute atomic E-state index is 0.0338. The van der Waals surface area contributed by atoms with E-state index in [1.165, 1.54) is 18.2 Å². The number of nitrogens with zero attached hydrogens (tertiary/aromatic N) is 1. The van der Waals surface area contributed by atoms with Crippen LogP contribution in [0.5, 0.6) is 5.75 Å². The molecule has 1 amide bonds. The Kier molecular flexibility index (Phi) is 6.02. The molecule has 1 aliphatic rings. The van der Waals surface area contributed by atoms with Crippen molar-refractivity contribution in [2.24, 2.45) is 0 Å². The SMILES string of the molecule is C=C(Nc1cccc(OC(F)(F)F)c1)c1csc2c1CCN(C(=O)/C(C)=C/C)C2. The smallest absolute Gasteiger partial charge is 0.406 e. The number of anilines is 1. The molecule has 3 rings (SSSR count). The largest absolute Gasteiger partial charge is 0.573 e. The van der Waals surface area contributed by atoms with E-state index in [-0.39, 0.29) is 11.7 Å². The van der Waals surface area contributed by atoms with Crippen molar-refractivity contribution in [3.8, 4) is 5.75 Å². The molecule has 0 unspecified atom stereocenters. The van der Waals surface area contributed by atoms with Gasteiger partial charge in [-0.3, -0.25) is 4.79 Å². The van der Waals surface area contributed by atoms with Crippen LogP contribution in [0.4, 0.5) is 18.9 Å². The quantitative estimate of drug-likeness (QED) is 0.640. The topological polar surface area (TPSA) is 41.6 Å². The molecular formula is C21H21F3N2O2S. The number of halogens is 3. The Bertz CT molecular complexity index is 963. The number of rotatable bonds is 5. The predicted molar refractivity (Wildman–Crippen MR) is 109 cm³/mol. The maximum Gasteiger partial charge on any atom is 0.573 e. The summed E-state index contributed by atoms with van der Waals surface area (Å²) in [7, 11) is 0. The molecule has 0 aliphatic carbocycles. The van der Waals surface area contributed by atoms with Crippen LogP contribution in [0.3, 0.4) is 0 Å². The van der Waals surface area contributed by atoms with E-state index in [4.69, 9.17) is 0 Å². The van der Waals surface area contributed by atoms with Crippen LogP contribution in [0.15, 0.2) is 47.9 Å². The molecule has 154 valence electrons. The van der Waals surface area contributed by atoms with Crippen LogP contribution in [0.25, 0.3) is 5.70 Å². The first-order chi connectivity index (χ1) is 13.7. The monoisotopic (exact) mass is 422 g/mol. The third kappa shape index (κ3) is 5.00. The highest BCUT2D eigenvalue weighted by atomic mass is 32.1. The van der Waals surface area contributed by atoms with Crippen LogP contribution in [0, 0.1) is 0 Å². The molecule has 1 aromatic heterocycles. The first-order valence-electron chi connectivity index (χ1n) is 9.01. The number of fused-ring (bicyclic) bond motifs is 1. The first-order valence-corrected chi connectivity index (χ1v) is 9.89. The molecule has 29 heavy (non-hydrogen) atoms. The zero-order chi connectivity index (χ0) is 21.2. The van der Waals surface area contributed by atoms with Gasteiger partial charge in [0.1, 0.15) is 5.75 Å². The minimum atomic E-state index is -4.74. The Morgan fingerprint density at radius 1 is 1.38 bits per heavy atom. The second-order valence-corrected chi connectivity index (χ2v) is 7.64. The van der Waals surface area contributed by atoms with Gasteiger partial charge in [0.15, 0.2) is 0 Å². The van der Waals surface area contributed by atoms with E-state index in [2.05, 4.69) is 16.6 Å². The fraction of sp³-hybridized carbons (Fsp3) is 0.286. The normalized spacial score (nSPS) is 14.4. The lowest BCUT2D eigenvalue weighted by Crippen LogP contribution is -2.36. The highest BCUT2D eigenvalue weighted by Gasteiger charge is 2.31. The van der Waals surface area contributed by atoms with E-state index in [9.17, 15) is 18.0 Å². The molecule has 2 aromatic rings. The molecule has 0 saturated carbocycles. The van der Waals surface area contributed by atoms with Crippen LogP contribution >= 0.6 is 11.3 Å². The number of benzene rings is 1. The maximum atomic E-state index is 12.4. The van der Waals surface area contributed by atoms with Crippen molar-refractivity contribution in [1.29, 1.82) is 0 Å². The predicted octanol–water partition coefficient (Wildman–Crippen LogP) is 5.58. The number of amides is 1. The molecule has 1 aromatic carbocycles. The van der Waals surface area contributed by atoms with E-state index in [0.29, 0.717) is 30.9 Å². The Hall–Kier alpha value is -2.74. The van der Waals surface area contributed by atoms with Crippen molar-refractivity contribution >= 4 is 28.6 Å². The Balaban J connectivity index is 1.72. The highest BCUT2D eigenvalue weighted by molar-refractivity contribution is 7.10. The second-order valence-electron chi connectivity index (χ2n) is 6.68. The van der Waals surface area contributed by atoms with E-state index in [1.807, 2.05) is 17.2 Å². The van der Waals surface area contributed by atoms with Gasteiger partial charge in [-0.15, -0.1) is 24.5 Å². The van der Waals surface area contributed by atoms with Gasteiger partial charge < -0.3 is 15.0 Å². The molecule has 1 N–H and O–H groups in total. The molecule has 0 fully saturated rings. The number of nitrogens with one attached hydrogen (secondary N) is 1. The lowest BCUT2D eigenvalue weighted by Gasteiger charge is -2.28. The summed E-state index contributed by atoms with van der Waals surface area (Å²) in [5.74, 6) is -0.261. The number of hydrogen-bond donors (Lipinski definition) is 1. The molecular weight excluding hydrogens is 401 g/mol. The number of carbonyl (C=O) groups excluding carboxylic acids is 1. The summed E-state index contributed by atoms with van der Waals surface area (Å²) in [5, 5.41) is 5.02. The third-order valence-electron chi connectivity index (χ3n) is 4.69. The van der Waals surface area contributed by atoms with Gasteiger partial charge in [0.25, 0.3) is 0 Å². The molecule has 2 heterocycles. The summed E-state index contributed by atoms with van der Waals surface area (Å²) in [6.07, 6.45) is -2.23. The Labute approximate surface area is 171 Å². The summed E-state index contributed by atoms with van der Waals surface area (Å²) < 4.78 is 41.2.